The Morgan fingerprint density at radius 1 is 1.10 bits per heavy atom. The third-order valence-electron chi connectivity index (χ3n) is 4.13. The summed E-state index contributed by atoms with van der Waals surface area (Å²) in [5.74, 6) is -0.322. The second-order valence-corrected chi connectivity index (χ2v) is 5.49. The fourth-order valence-corrected chi connectivity index (χ4v) is 3.07. The van der Waals surface area contributed by atoms with Crippen LogP contribution in [0.2, 0.25) is 0 Å². The summed E-state index contributed by atoms with van der Waals surface area (Å²) in [6.07, 6.45) is 3.03. The molecule has 0 atom stereocenters. The van der Waals surface area contributed by atoms with Crippen molar-refractivity contribution in [1.29, 1.82) is 0 Å². The molecule has 1 heterocycles. The van der Waals surface area contributed by atoms with E-state index in [0.717, 1.165) is 37.9 Å². The van der Waals surface area contributed by atoms with Crippen LogP contribution >= 0.6 is 0 Å². The van der Waals surface area contributed by atoms with Gasteiger partial charge in [0.15, 0.2) is 0 Å². The van der Waals surface area contributed by atoms with Crippen LogP contribution in [0.3, 0.4) is 0 Å². The van der Waals surface area contributed by atoms with Crippen LogP contribution in [0.25, 0.3) is 0 Å². The van der Waals surface area contributed by atoms with Crippen LogP contribution in [0, 0.1) is 0 Å². The molecule has 1 aliphatic rings. The summed E-state index contributed by atoms with van der Waals surface area (Å²) in [4.78, 5) is 13.9. The maximum Gasteiger partial charge on any atom is 0.249 e. The lowest BCUT2D eigenvalue weighted by molar-refractivity contribution is 0.0999. The lowest BCUT2D eigenvalue weighted by Gasteiger charge is -2.32. The number of hydrogen-bond acceptors (Lipinski definition) is 2. The molecule has 0 aromatic heterocycles. The monoisotopic (exact) mass is 280 g/mol. The number of primary amides is 1. The van der Waals surface area contributed by atoms with Gasteiger partial charge in [-0.15, -0.1) is 0 Å². The zero-order valence-electron chi connectivity index (χ0n) is 12.1. The Kier molecular flexibility index (Phi) is 3.91. The van der Waals surface area contributed by atoms with E-state index < -0.39 is 0 Å². The van der Waals surface area contributed by atoms with Gasteiger partial charge in [-0.05, 0) is 42.5 Å². The molecule has 0 saturated heterocycles. The van der Waals surface area contributed by atoms with E-state index in [-0.39, 0.29) is 5.91 Å². The van der Waals surface area contributed by atoms with Crippen molar-refractivity contribution in [3.05, 3.63) is 65.2 Å². The number of fused-ring (bicyclic) bond motifs is 1. The Labute approximate surface area is 125 Å². The van der Waals surface area contributed by atoms with Crippen LogP contribution in [0.5, 0.6) is 0 Å². The van der Waals surface area contributed by atoms with Gasteiger partial charge in [-0.3, -0.25) is 4.79 Å². The number of anilines is 1. The highest BCUT2D eigenvalue weighted by Crippen LogP contribution is 2.29. The van der Waals surface area contributed by atoms with Crippen molar-refractivity contribution in [3.8, 4) is 0 Å². The van der Waals surface area contributed by atoms with Crippen molar-refractivity contribution in [2.24, 2.45) is 5.73 Å². The van der Waals surface area contributed by atoms with Gasteiger partial charge in [0.05, 0.1) is 0 Å². The summed E-state index contributed by atoms with van der Waals surface area (Å²) in [5.41, 5.74) is 9.80. The Balaban J connectivity index is 1.81. The van der Waals surface area contributed by atoms with Crippen LogP contribution in [-0.2, 0) is 12.8 Å². The average molecular weight is 280 g/mol. The lowest BCUT2D eigenvalue weighted by atomic mass is 9.95. The van der Waals surface area contributed by atoms with Crippen molar-refractivity contribution >= 4 is 11.6 Å². The molecule has 2 aromatic carbocycles. The fourth-order valence-electron chi connectivity index (χ4n) is 3.07. The second-order valence-electron chi connectivity index (χ2n) is 5.49. The van der Waals surface area contributed by atoms with E-state index in [0.29, 0.717) is 5.56 Å². The molecule has 1 amide bonds. The molecule has 21 heavy (non-hydrogen) atoms. The number of carbonyl (C=O) groups excluding carboxylic acids is 1. The molecule has 0 unspecified atom stereocenters. The molecule has 0 radical (unpaired) electrons. The van der Waals surface area contributed by atoms with Crippen molar-refractivity contribution in [1.82, 2.24) is 0 Å². The Morgan fingerprint density at radius 3 is 2.67 bits per heavy atom. The van der Waals surface area contributed by atoms with E-state index in [1.807, 2.05) is 18.2 Å². The second kappa shape index (κ2) is 6.00. The summed E-state index contributed by atoms with van der Waals surface area (Å²) in [7, 11) is 0. The molecule has 1 aliphatic heterocycles. The molecule has 0 spiro atoms. The summed E-state index contributed by atoms with van der Waals surface area (Å²) in [5, 5.41) is 0. The smallest absolute Gasteiger partial charge is 0.249 e. The normalized spacial score (nSPS) is 13.8. The predicted molar refractivity (Wildman–Crippen MR) is 85.6 cm³/mol. The molecule has 2 N–H and O–H groups in total. The van der Waals surface area contributed by atoms with Gasteiger partial charge < -0.3 is 10.6 Å². The van der Waals surface area contributed by atoms with Crippen LogP contribution in [0.4, 0.5) is 5.69 Å². The minimum absolute atomic E-state index is 0.322. The zero-order chi connectivity index (χ0) is 14.7. The molecule has 2 aromatic rings. The molecule has 3 heteroatoms. The number of nitrogens with two attached hydrogens (primary N) is 1. The summed E-state index contributed by atoms with van der Waals surface area (Å²) < 4.78 is 0. The maximum atomic E-state index is 11.6. The first-order chi connectivity index (χ1) is 10.3. The largest absolute Gasteiger partial charge is 0.371 e. The summed E-state index contributed by atoms with van der Waals surface area (Å²) in [6.45, 7) is 2.02. The van der Waals surface area contributed by atoms with Gasteiger partial charge in [0, 0.05) is 24.3 Å². The number of hydrogen-bond donors (Lipinski definition) is 1. The fraction of sp³-hybridized carbons (Fsp3) is 0.278. The highest BCUT2D eigenvalue weighted by atomic mass is 16.1. The molecule has 108 valence electrons. The lowest BCUT2D eigenvalue weighted by Crippen LogP contribution is -2.32. The van der Waals surface area contributed by atoms with E-state index in [2.05, 4.69) is 35.2 Å². The van der Waals surface area contributed by atoms with E-state index in [1.165, 1.54) is 11.3 Å². The van der Waals surface area contributed by atoms with Gasteiger partial charge in [0.25, 0.3) is 0 Å². The van der Waals surface area contributed by atoms with Crippen LogP contribution in [0.15, 0.2) is 48.5 Å². The van der Waals surface area contributed by atoms with Crippen LogP contribution in [-0.4, -0.2) is 19.0 Å². The van der Waals surface area contributed by atoms with E-state index >= 15 is 0 Å². The third-order valence-corrected chi connectivity index (χ3v) is 4.13. The SMILES string of the molecule is NC(=O)c1cccc2c1CCCN2CCc1ccccc1. The molecule has 0 saturated carbocycles. The van der Waals surface area contributed by atoms with E-state index in [4.69, 9.17) is 5.73 Å². The van der Waals surface area contributed by atoms with Crippen molar-refractivity contribution in [2.75, 3.05) is 18.0 Å². The van der Waals surface area contributed by atoms with Gasteiger partial charge >= 0.3 is 0 Å². The Bertz CT molecular complexity index is 637. The molecular formula is C18H20N2O. The molecule has 3 rings (SSSR count). The van der Waals surface area contributed by atoms with Gasteiger partial charge in [-0.1, -0.05) is 36.4 Å². The van der Waals surface area contributed by atoms with Crippen LogP contribution in [0.1, 0.15) is 27.9 Å². The number of benzene rings is 2. The Morgan fingerprint density at radius 2 is 1.90 bits per heavy atom. The highest BCUT2D eigenvalue weighted by molar-refractivity contribution is 5.96. The predicted octanol–water partition coefficient (Wildman–Crippen LogP) is 2.78. The first kappa shape index (κ1) is 13.7. The maximum absolute atomic E-state index is 11.6. The van der Waals surface area contributed by atoms with E-state index in [9.17, 15) is 4.79 Å². The van der Waals surface area contributed by atoms with Crippen molar-refractivity contribution in [3.63, 3.8) is 0 Å². The summed E-state index contributed by atoms with van der Waals surface area (Å²) in [6, 6.07) is 16.4. The number of carbonyl (C=O) groups is 1. The van der Waals surface area contributed by atoms with Crippen LogP contribution < -0.4 is 10.6 Å². The standard InChI is InChI=1S/C18H20N2O/c19-18(21)16-8-4-10-17-15(16)9-5-12-20(17)13-11-14-6-2-1-3-7-14/h1-4,6-8,10H,5,9,11-13H2,(H2,19,21). The molecular weight excluding hydrogens is 260 g/mol. The molecule has 0 fully saturated rings. The van der Waals surface area contributed by atoms with Gasteiger partial charge in [0.1, 0.15) is 0 Å². The van der Waals surface area contributed by atoms with Gasteiger partial charge in [-0.25, -0.2) is 0 Å². The number of nitrogens with zero attached hydrogens (tertiary/aromatic N) is 1. The molecule has 0 aliphatic carbocycles. The first-order valence-electron chi connectivity index (χ1n) is 7.46. The number of amides is 1. The zero-order valence-corrected chi connectivity index (χ0v) is 12.1. The molecule has 3 nitrogen and oxygen atoms in total. The highest BCUT2D eigenvalue weighted by Gasteiger charge is 2.20. The molecule has 0 bridgehead atoms. The Hall–Kier alpha value is -2.29. The minimum atomic E-state index is -0.322. The van der Waals surface area contributed by atoms with Gasteiger partial charge in [0.2, 0.25) is 5.91 Å². The number of rotatable bonds is 4. The van der Waals surface area contributed by atoms with Gasteiger partial charge in [-0.2, -0.15) is 0 Å². The van der Waals surface area contributed by atoms with E-state index in [1.54, 1.807) is 0 Å². The quantitative estimate of drug-likeness (QED) is 0.936. The average Bonchev–Trinajstić information content (AvgIpc) is 2.53. The minimum Gasteiger partial charge on any atom is -0.371 e. The topological polar surface area (TPSA) is 46.3 Å². The summed E-state index contributed by atoms with van der Waals surface area (Å²) >= 11 is 0. The third kappa shape index (κ3) is 2.92. The van der Waals surface area contributed by atoms with Crippen molar-refractivity contribution in [2.45, 2.75) is 19.3 Å². The van der Waals surface area contributed by atoms with Crippen molar-refractivity contribution < 1.29 is 4.79 Å². The first-order valence-corrected chi connectivity index (χ1v) is 7.46.